The quantitative estimate of drug-likeness (QED) is 0.0930. The largest absolute Gasteiger partial charge is 2.00 e. The first kappa shape index (κ1) is 240. The summed E-state index contributed by atoms with van der Waals surface area (Å²) in [6, 6.07) is 0. The van der Waals surface area contributed by atoms with Gasteiger partial charge in [0.1, 0.15) is 0 Å². The van der Waals surface area contributed by atoms with E-state index in [0.717, 1.165) is 77.5 Å². The number of rotatable bonds is 4. The van der Waals surface area contributed by atoms with Crippen LogP contribution in [0.2, 0.25) is 0 Å². The Balaban J connectivity index is -0.0000000151. The Bertz CT molecular complexity index is 946. The average molecular weight is 3310 g/mol. The zero-order valence-electron chi connectivity index (χ0n) is 66.2. The maximum Gasteiger partial charge on any atom is 2.00 e. The standard InChI is InChI=1S/4C5H7NO.4C4H8N.5CH6NP.7CH4N.4CHO2.4CH3.8V.8W/c4*7-5-6-3-1-2-4-6;4*1-2-4-5-3-1;5*1-2-3;7*1-2;4*2-1-3;;;;;;;;;;;;;;;;;;;;/h4*3H,1-2,4H2;4*3,5H,1-2,4H2;5*2H,3H2,1H3;7*2H,1H3;4*(H,2,3);4*1H3;;;;;;;;;;;;;;;;/q4*-2;4*-1;;;;;;15*-1;8*+2;;;;;;3*+2. The first-order valence-corrected chi connectivity index (χ1v) is 29.9. The molecule has 5 unspecified atom stereocenters. The number of hydrogen-bond acceptors (Lipinski definition) is 17. The molecule has 8 aliphatic heterocycles. The van der Waals surface area contributed by atoms with Gasteiger partial charge in [0, 0.05) is 105 Å². The molecular formula is C56H134N20O12P5V8W8-5. The van der Waals surface area contributed by atoms with Crippen molar-refractivity contribution in [1.82, 2.24) is 66.3 Å². The predicted molar refractivity (Wildman–Crippen MR) is 414 cm³/mol. The van der Waals surface area contributed by atoms with Gasteiger partial charge in [-0.15, -0.1) is 0 Å². The summed E-state index contributed by atoms with van der Waals surface area (Å²) in [7, 11) is 29.6. The topological polar surface area (TPSA) is 505 Å². The summed E-state index contributed by atoms with van der Waals surface area (Å²) in [6.45, 7) is 26.2. The monoisotopic (exact) mass is 3310 g/mol. The number of aliphatic hydroxyl groups excluding tert-OH is 4. The third-order valence-corrected chi connectivity index (χ3v) is 7.54. The van der Waals surface area contributed by atoms with Gasteiger partial charge in [-0.1, -0.05) is 124 Å². The molecule has 53 heteroatoms. The third-order valence-electron chi connectivity index (χ3n) is 7.54. The SMILES string of the molecule is CNP.CNP.CNP.CNP.CNP.C[NH-].C[NH-].C[NH-].C[NH-].C[NH-].C[NH-].C[NH-].O=[C-]N1[CH-]CCC1.O=[C-]N1[CH-]CCC1.O=[C-]N1[CH-]CCC1.O=[C-]N1[CH-]CCC1.O=[C-]O.O=[C-]O.O=[C-]O.O=[C-]O.[CH-]1CCCN1.[CH-]1CCCN1.[CH-]1CCCN1.[CH-]1CCCN1.[CH3-].[CH3-].[CH3-].[CH3-].[V+2].[V+2].[V+2].[V+2].[V+2].[V+2].[V+2].[V+2].[W+2].[W+2].[W+2].[W].[W].[W].[W].[W]. The van der Waals surface area contributed by atoms with Crippen LogP contribution in [0.4, 0.5) is 0 Å². The second-order valence-electron chi connectivity index (χ2n) is 13.4. The number of nitrogens with zero attached hydrogens (tertiary/aromatic N) is 4. The van der Waals surface area contributed by atoms with E-state index in [-0.39, 0.29) is 347 Å². The number of carbonyl (C=O) groups excluding carboxylic acids is 4. The zero-order chi connectivity index (χ0) is 73.0. The van der Waals surface area contributed by atoms with E-state index in [4.69, 9.17) is 79.7 Å². The van der Waals surface area contributed by atoms with Crippen molar-refractivity contribution < 1.29 is 376 Å². The fraction of sp³-hybridized carbons (Fsp3) is 0.643. The van der Waals surface area contributed by atoms with Crippen molar-refractivity contribution >= 4 is 98.5 Å². The van der Waals surface area contributed by atoms with E-state index in [9.17, 15) is 19.2 Å². The Hall–Kier alpha value is 7.45. The molecule has 8 radical (unpaired) electrons. The molecule has 8 heterocycles. The van der Waals surface area contributed by atoms with Crippen LogP contribution >= 0.6 is 47.0 Å². The molecule has 648 valence electrons. The van der Waals surface area contributed by atoms with Gasteiger partial charge in [-0.3, -0.25) is 52.4 Å². The zero-order valence-corrected chi connectivity index (χ0v) is 107. The summed E-state index contributed by atoms with van der Waals surface area (Å²) in [5, 5.41) is 52.8. The molecule has 0 aromatic rings. The Kier molecular flexibility index (Phi) is 710. The van der Waals surface area contributed by atoms with Gasteiger partial charge in [0.2, 0.25) is 0 Å². The van der Waals surface area contributed by atoms with Crippen LogP contribution in [0, 0.1) is 82.1 Å². The van der Waals surface area contributed by atoms with Crippen molar-refractivity contribution in [2.75, 3.05) is 137 Å². The summed E-state index contributed by atoms with van der Waals surface area (Å²) in [5.74, 6) is 0. The molecule has 109 heavy (non-hydrogen) atoms. The molecule has 5 atom stereocenters. The fourth-order valence-electron chi connectivity index (χ4n) is 4.77. The van der Waals surface area contributed by atoms with Crippen molar-refractivity contribution in [2.45, 2.75) is 103 Å². The molecule has 8 saturated heterocycles. The molecule has 8 fully saturated rings. The van der Waals surface area contributed by atoms with E-state index in [1.807, 2.05) is 61.4 Å². The smallest absolute Gasteiger partial charge is 0.680 e. The number of hydrogen-bond donors (Lipinski definition) is 13. The summed E-state index contributed by atoms with van der Waals surface area (Å²) >= 11 is 0. The molecular weight excluding hydrogens is 3180 g/mol. The van der Waals surface area contributed by atoms with Crippen molar-refractivity contribution in [1.29, 1.82) is 0 Å². The molecule has 8 aliphatic rings. The first-order valence-electron chi connectivity index (χ1n) is 27.0. The van der Waals surface area contributed by atoms with Gasteiger partial charge < -0.3 is 195 Å². The van der Waals surface area contributed by atoms with Crippen molar-refractivity contribution in [3.63, 3.8) is 0 Å². The van der Waals surface area contributed by atoms with Crippen molar-refractivity contribution in [3.8, 4) is 0 Å². The molecule has 0 spiro atoms. The Morgan fingerprint density at radius 2 is 0.385 bits per heavy atom. The molecule has 20 N–H and O–H groups in total. The van der Waals surface area contributed by atoms with E-state index in [1.54, 1.807) is 45.2 Å². The maximum absolute atomic E-state index is 9.78. The van der Waals surface area contributed by atoms with E-state index in [0.29, 0.717) is 25.9 Å². The van der Waals surface area contributed by atoms with Gasteiger partial charge >= 0.3 is 212 Å². The van der Waals surface area contributed by atoms with E-state index in [1.165, 1.54) is 127 Å². The minimum absolute atomic E-state index is 0. The van der Waals surface area contributed by atoms with Gasteiger partial charge in [0.25, 0.3) is 0 Å². The Labute approximate surface area is 890 Å². The van der Waals surface area contributed by atoms with Crippen LogP contribution < -0.4 is 46.7 Å². The van der Waals surface area contributed by atoms with E-state index >= 15 is 0 Å². The number of nitrogens with one attached hydrogen (secondary N) is 16. The molecule has 0 aliphatic carbocycles. The van der Waals surface area contributed by atoms with E-state index < -0.39 is 0 Å². The predicted octanol–water partition coefficient (Wildman–Crippen LogP) is 8.24. The summed E-state index contributed by atoms with van der Waals surface area (Å²) in [6.07, 6.45) is 26.1. The molecule has 0 bridgehead atoms. The van der Waals surface area contributed by atoms with Gasteiger partial charge in [-0.2, -0.15) is 126 Å². The maximum atomic E-state index is 9.78. The number of likely N-dealkylation sites (tertiary alicyclic amines) is 4. The average Bonchev–Trinajstić information content (AvgIpc) is 1.91. The van der Waals surface area contributed by atoms with Crippen molar-refractivity contribution in [3.05, 3.63) is 122 Å². The third kappa shape index (κ3) is 369. The van der Waals surface area contributed by atoms with E-state index in [2.05, 4.69) is 120 Å². The summed E-state index contributed by atoms with van der Waals surface area (Å²) in [5.41, 5.74) is 40.2. The number of amides is 4. The Morgan fingerprint density at radius 3 is 0.413 bits per heavy atom. The van der Waals surface area contributed by atoms with Gasteiger partial charge in [-0.25, -0.2) is 0 Å². The van der Waals surface area contributed by atoms with Crippen molar-refractivity contribution in [2.24, 2.45) is 0 Å². The second-order valence-corrected chi connectivity index (χ2v) is 16.3. The van der Waals surface area contributed by atoms with Gasteiger partial charge in [0.15, 0.2) is 0 Å². The summed E-state index contributed by atoms with van der Waals surface area (Å²) in [4.78, 5) is 78.3. The molecule has 0 saturated carbocycles. The fourth-order valence-corrected chi connectivity index (χ4v) is 4.77. The Morgan fingerprint density at radius 1 is 0.284 bits per heavy atom. The van der Waals surface area contributed by atoms with Crippen LogP contribution in [0.15, 0.2) is 0 Å². The molecule has 0 aromatic heterocycles. The molecule has 4 amide bonds. The normalized spacial score (nSPS) is 11.3. The van der Waals surface area contributed by atoms with Gasteiger partial charge in [0.05, 0.1) is 0 Å². The van der Waals surface area contributed by atoms with Crippen LogP contribution in [0.5, 0.6) is 0 Å². The van der Waals surface area contributed by atoms with Gasteiger partial charge in [-0.05, 0) is 87.6 Å². The molecule has 8 rings (SSSR count). The van der Waals surface area contributed by atoms with Crippen LogP contribution in [0.3, 0.4) is 0 Å². The molecule has 32 nitrogen and oxygen atoms in total. The summed E-state index contributed by atoms with van der Waals surface area (Å²) < 4.78 is 0. The van der Waals surface area contributed by atoms with Crippen LogP contribution in [0.25, 0.3) is 40.1 Å². The minimum Gasteiger partial charge on any atom is -0.680 e. The second kappa shape index (κ2) is 323. The van der Waals surface area contributed by atoms with Crippen LogP contribution in [-0.2, 0) is 355 Å². The van der Waals surface area contributed by atoms with Crippen LogP contribution in [0.1, 0.15) is 103 Å². The van der Waals surface area contributed by atoms with Crippen LogP contribution in [-0.4, -0.2) is 228 Å². The first-order chi connectivity index (χ1) is 43.5. The molecule has 0 aromatic carbocycles. The minimum atomic E-state index is 0.